The molecule has 2 rings (SSSR count). The van der Waals surface area contributed by atoms with Crippen molar-refractivity contribution < 1.29 is 9.13 Å². The minimum Gasteiger partial charge on any atom is -0.398 e. The fourth-order valence-electron chi connectivity index (χ4n) is 2.21. The number of hydrogen-bond acceptors (Lipinski definition) is 3. The molecule has 0 saturated carbocycles. The molecule has 1 heterocycles. The summed E-state index contributed by atoms with van der Waals surface area (Å²) in [4.78, 5) is 2.18. The fraction of sp³-hybridized carbons (Fsp3) is 0.538. The number of nitrogens with zero attached hydrogens (tertiary/aromatic N) is 1. The maximum absolute atomic E-state index is 13.7. The van der Waals surface area contributed by atoms with E-state index in [9.17, 15) is 4.39 Å². The summed E-state index contributed by atoms with van der Waals surface area (Å²) >= 11 is 0. The summed E-state index contributed by atoms with van der Waals surface area (Å²) < 4.78 is 19.3. The first-order chi connectivity index (χ1) is 7.98. The van der Waals surface area contributed by atoms with Crippen molar-refractivity contribution in [1.82, 2.24) is 4.90 Å². The lowest BCUT2D eigenvalue weighted by Crippen LogP contribution is -2.47. The van der Waals surface area contributed by atoms with E-state index in [2.05, 4.69) is 4.90 Å². The Kier molecular flexibility index (Phi) is 3.35. The number of halogens is 1. The van der Waals surface area contributed by atoms with Crippen molar-refractivity contribution in [1.29, 1.82) is 0 Å². The largest absolute Gasteiger partial charge is 0.398 e. The Balaban J connectivity index is 2.10. The first-order valence-corrected chi connectivity index (χ1v) is 5.87. The Hall–Kier alpha value is -1.13. The van der Waals surface area contributed by atoms with Gasteiger partial charge >= 0.3 is 0 Å². The molecule has 4 heteroatoms. The summed E-state index contributed by atoms with van der Waals surface area (Å²) in [6.07, 6.45) is 0. The molecule has 0 radical (unpaired) electrons. The van der Waals surface area contributed by atoms with Gasteiger partial charge in [-0.05, 0) is 26.0 Å². The van der Waals surface area contributed by atoms with Gasteiger partial charge in [0.15, 0.2) is 0 Å². The Bertz CT molecular complexity index is 386. The maximum atomic E-state index is 13.7. The third kappa shape index (κ3) is 2.96. The summed E-state index contributed by atoms with van der Waals surface area (Å²) in [5.74, 6) is -0.228. The summed E-state index contributed by atoms with van der Waals surface area (Å²) in [5, 5.41) is 0. The average Bonchev–Trinajstić information content (AvgIpc) is 2.22. The Labute approximate surface area is 101 Å². The summed E-state index contributed by atoms with van der Waals surface area (Å²) in [6, 6.07) is 4.83. The van der Waals surface area contributed by atoms with E-state index < -0.39 is 0 Å². The molecule has 1 fully saturated rings. The van der Waals surface area contributed by atoms with Gasteiger partial charge in [-0.3, -0.25) is 4.90 Å². The average molecular weight is 238 g/mol. The summed E-state index contributed by atoms with van der Waals surface area (Å²) in [7, 11) is 0. The molecule has 1 aliphatic heterocycles. The molecular formula is C13H19FN2O. The van der Waals surface area contributed by atoms with Crippen molar-refractivity contribution in [3.05, 3.63) is 29.6 Å². The molecule has 0 aliphatic carbocycles. The molecule has 1 aliphatic rings. The highest BCUT2D eigenvalue weighted by Crippen LogP contribution is 2.22. The van der Waals surface area contributed by atoms with E-state index in [0.717, 1.165) is 13.1 Å². The molecule has 1 saturated heterocycles. The Morgan fingerprint density at radius 3 is 2.88 bits per heavy atom. The molecule has 17 heavy (non-hydrogen) atoms. The van der Waals surface area contributed by atoms with Crippen LogP contribution in [-0.2, 0) is 11.3 Å². The first kappa shape index (κ1) is 12.3. The van der Waals surface area contributed by atoms with Crippen LogP contribution in [0.3, 0.4) is 0 Å². The number of ether oxygens (including phenoxy) is 1. The van der Waals surface area contributed by atoms with Crippen LogP contribution in [0.25, 0.3) is 0 Å². The number of morpholine rings is 1. The number of hydrogen-bond donors (Lipinski definition) is 1. The van der Waals surface area contributed by atoms with E-state index >= 15 is 0 Å². The predicted molar refractivity (Wildman–Crippen MR) is 66.1 cm³/mol. The van der Waals surface area contributed by atoms with Crippen LogP contribution in [-0.4, -0.2) is 30.2 Å². The summed E-state index contributed by atoms with van der Waals surface area (Å²) in [5.41, 5.74) is 6.75. The maximum Gasteiger partial charge on any atom is 0.129 e. The highest BCUT2D eigenvalue weighted by Gasteiger charge is 2.27. The molecule has 0 amide bonds. The van der Waals surface area contributed by atoms with Gasteiger partial charge in [0.05, 0.1) is 12.2 Å². The lowest BCUT2D eigenvalue weighted by Gasteiger charge is -2.38. The lowest BCUT2D eigenvalue weighted by atomic mass is 10.1. The van der Waals surface area contributed by atoms with Crippen LogP contribution < -0.4 is 5.73 Å². The van der Waals surface area contributed by atoms with Gasteiger partial charge in [0.2, 0.25) is 0 Å². The van der Waals surface area contributed by atoms with Gasteiger partial charge in [-0.25, -0.2) is 4.39 Å². The first-order valence-electron chi connectivity index (χ1n) is 5.87. The van der Waals surface area contributed by atoms with E-state index in [1.807, 2.05) is 13.8 Å². The fourth-order valence-corrected chi connectivity index (χ4v) is 2.21. The molecule has 1 aromatic rings. The highest BCUT2D eigenvalue weighted by molar-refractivity contribution is 5.47. The number of rotatable bonds is 2. The van der Waals surface area contributed by atoms with E-state index in [-0.39, 0.29) is 11.4 Å². The third-order valence-electron chi connectivity index (χ3n) is 3.04. The smallest absolute Gasteiger partial charge is 0.129 e. The van der Waals surface area contributed by atoms with Gasteiger partial charge in [0, 0.05) is 30.9 Å². The van der Waals surface area contributed by atoms with Crippen molar-refractivity contribution >= 4 is 5.69 Å². The second-order valence-electron chi connectivity index (χ2n) is 5.13. The van der Waals surface area contributed by atoms with Gasteiger partial charge in [-0.2, -0.15) is 0 Å². The molecule has 2 N–H and O–H groups in total. The number of nitrogens with two attached hydrogens (primary N) is 1. The van der Waals surface area contributed by atoms with E-state index in [0.29, 0.717) is 24.4 Å². The standard InChI is InChI=1S/C13H19FN2O/c1-13(2)9-16(6-7-17-13)8-10-11(14)4-3-5-12(10)15/h3-5H,6-9,15H2,1-2H3. The van der Waals surface area contributed by atoms with Gasteiger partial charge in [0.25, 0.3) is 0 Å². The molecule has 1 aromatic carbocycles. The lowest BCUT2D eigenvalue weighted by molar-refractivity contribution is -0.0884. The quantitative estimate of drug-likeness (QED) is 0.801. The minimum absolute atomic E-state index is 0.168. The van der Waals surface area contributed by atoms with Crippen molar-refractivity contribution in [2.45, 2.75) is 26.0 Å². The minimum atomic E-state index is -0.228. The number of anilines is 1. The van der Waals surface area contributed by atoms with Crippen LogP contribution in [0.5, 0.6) is 0 Å². The molecule has 0 unspecified atom stereocenters. The van der Waals surface area contributed by atoms with E-state index in [4.69, 9.17) is 10.5 Å². The van der Waals surface area contributed by atoms with Crippen molar-refractivity contribution in [3.63, 3.8) is 0 Å². The van der Waals surface area contributed by atoms with Gasteiger partial charge < -0.3 is 10.5 Å². The van der Waals surface area contributed by atoms with E-state index in [1.54, 1.807) is 12.1 Å². The molecule has 0 spiro atoms. The Morgan fingerprint density at radius 2 is 2.24 bits per heavy atom. The third-order valence-corrected chi connectivity index (χ3v) is 3.04. The second kappa shape index (κ2) is 4.63. The van der Waals surface area contributed by atoms with Crippen LogP contribution in [0.15, 0.2) is 18.2 Å². The number of benzene rings is 1. The van der Waals surface area contributed by atoms with Gasteiger partial charge in [-0.15, -0.1) is 0 Å². The Morgan fingerprint density at radius 1 is 1.47 bits per heavy atom. The number of nitrogen functional groups attached to an aromatic ring is 1. The molecular weight excluding hydrogens is 219 g/mol. The molecule has 0 bridgehead atoms. The van der Waals surface area contributed by atoms with Crippen molar-refractivity contribution in [2.75, 3.05) is 25.4 Å². The molecule has 3 nitrogen and oxygen atoms in total. The van der Waals surface area contributed by atoms with E-state index in [1.165, 1.54) is 6.07 Å². The van der Waals surface area contributed by atoms with Crippen LogP contribution in [0, 0.1) is 5.82 Å². The summed E-state index contributed by atoms with van der Waals surface area (Å²) in [6.45, 7) is 6.93. The predicted octanol–water partition coefficient (Wildman–Crippen LogP) is 2.02. The molecule has 94 valence electrons. The van der Waals surface area contributed by atoms with Gasteiger partial charge in [-0.1, -0.05) is 6.07 Å². The SMILES string of the molecule is CC1(C)CN(Cc2c(N)cccc2F)CCO1. The molecule has 0 aromatic heterocycles. The topological polar surface area (TPSA) is 38.5 Å². The molecule has 0 atom stereocenters. The zero-order chi connectivity index (χ0) is 12.5. The zero-order valence-corrected chi connectivity index (χ0v) is 10.4. The normalized spacial score (nSPS) is 20.4. The van der Waals surface area contributed by atoms with Crippen molar-refractivity contribution in [3.8, 4) is 0 Å². The van der Waals surface area contributed by atoms with Crippen LogP contribution in [0.2, 0.25) is 0 Å². The van der Waals surface area contributed by atoms with Crippen LogP contribution >= 0.6 is 0 Å². The van der Waals surface area contributed by atoms with Crippen LogP contribution in [0.4, 0.5) is 10.1 Å². The second-order valence-corrected chi connectivity index (χ2v) is 5.13. The zero-order valence-electron chi connectivity index (χ0n) is 10.4. The van der Waals surface area contributed by atoms with Crippen LogP contribution in [0.1, 0.15) is 19.4 Å². The van der Waals surface area contributed by atoms with Crippen molar-refractivity contribution in [2.24, 2.45) is 0 Å². The highest BCUT2D eigenvalue weighted by atomic mass is 19.1. The van der Waals surface area contributed by atoms with Gasteiger partial charge in [0.1, 0.15) is 5.82 Å². The monoisotopic (exact) mass is 238 g/mol.